The van der Waals surface area contributed by atoms with Gasteiger partial charge >= 0.3 is 5.97 Å². The molecule has 0 saturated carbocycles. The molecule has 1 aliphatic rings. The van der Waals surface area contributed by atoms with Crippen molar-refractivity contribution in [2.75, 3.05) is 0 Å². The lowest BCUT2D eigenvalue weighted by molar-refractivity contribution is -0.148. The molecule has 2 aromatic rings. The average molecular weight is 266 g/mol. The maximum Gasteiger partial charge on any atom is 0.310 e. The van der Waals surface area contributed by atoms with Gasteiger partial charge in [-0.2, -0.15) is 0 Å². The fourth-order valence-electron chi connectivity index (χ4n) is 2.95. The average Bonchev–Trinajstić information content (AvgIpc) is 2.48. The molecule has 0 radical (unpaired) electrons. The Bertz CT molecular complexity index is 679. The number of esters is 1. The van der Waals surface area contributed by atoms with Crippen molar-refractivity contribution in [3.63, 3.8) is 0 Å². The van der Waals surface area contributed by atoms with E-state index >= 15 is 0 Å². The quantitative estimate of drug-likeness (QED) is 0.601. The highest BCUT2D eigenvalue weighted by Gasteiger charge is 2.28. The third-order valence-electron chi connectivity index (χ3n) is 4.07. The molecular formula is C18H18O2. The zero-order valence-electron chi connectivity index (χ0n) is 11.8. The van der Waals surface area contributed by atoms with Crippen molar-refractivity contribution >= 4 is 16.7 Å². The highest BCUT2D eigenvalue weighted by Crippen LogP contribution is 2.33. The first kappa shape index (κ1) is 12.9. The smallest absolute Gasteiger partial charge is 0.310 e. The first-order valence-corrected chi connectivity index (χ1v) is 7.00. The Morgan fingerprint density at radius 3 is 2.75 bits per heavy atom. The van der Waals surface area contributed by atoms with E-state index in [2.05, 4.69) is 37.3 Å². The minimum absolute atomic E-state index is 0.132. The van der Waals surface area contributed by atoms with Crippen LogP contribution in [0, 0.1) is 0 Å². The number of fused-ring (bicyclic) bond motifs is 1. The fraction of sp³-hybridized carbons (Fsp3) is 0.278. The first-order valence-electron chi connectivity index (χ1n) is 7.00. The van der Waals surface area contributed by atoms with Gasteiger partial charge in [-0.3, -0.25) is 4.79 Å². The van der Waals surface area contributed by atoms with Crippen LogP contribution < -0.4 is 0 Å². The Balaban J connectivity index is 2.04. The summed E-state index contributed by atoms with van der Waals surface area (Å²) in [5.74, 6) is 0.0225. The lowest BCUT2D eigenvalue weighted by Crippen LogP contribution is -2.28. The second-order valence-electron chi connectivity index (χ2n) is 5.42. The van der Waals surface area contributed by atoms with Crippen molar-refractivity contribution in [2.24, 2.45) is 0 Å². The van der Waals surface area contributed by atoms with Crippen LogP contribution >= 0.6 is 0 Å². The summed E-state index contributed by atoms with van der Waals surface area (Å²) in [4.78, 5) is 11.6. The lowest BCUT2D eigenvalue weighted by Gasteiger charge is -2.28. The maximum absolute atomic E-state index is 11.6. The summed E-state index contributed by atoms with van der Waals surface area (Å²) in [6.07, 6.45) is 2.23. The standard InChI is InChI=1S/C18H18O2/c1-12-10-11-17(19)20-18(12)13(2)15-9-5-7-14-6-3-4-8-16(14)15/h3-10,13,18H,11H2,1-2H3. The van der Waals surface area contributed by atoms with Crippen LogP contribution in [0.2, 0.25) is 0 Å². The largest absolute Gasteiger partial charge is 0.457 e. The molecule has 0 saturated heterocycles. The van der Waals surface area contributed by atoms with Gasteiger partial charge in [0, 0.05) is 5.92 Å². The summed E-state index contributed by atoms with van der Waals surface area (Å²) >= 11 is 0. The second kappa shape index (κ2) is 5.12. The number of ether oxygens (including phenoxy) is 1. The summed E-state index contributed by atoms with van der Waals surface area (Å²) < 4.78 is 5.56. The normalized spacial score (nSPS) is 20.4. The minimum atomic E-state index is -0.151. The molecular weight excluding hydrogens is 248 g/mol. The monoisotopic (exact) mass is 266 g/mol. The van der Waals surface area contributed by atoms with Gasteiger partial charge in [0.2, 0.25) is 0 Å². The molecule has 0 bridgehead atoms. The second-order valence-corrected chi connectivity index (χ2v) is 5.42. The van der Waals surface area contributed by atoms with E-state index in [0.717, 1.165) is 5.57 Å². The summed E-state index contributed by atoms with van der Waals surface area (Å²) in [6.45, 7) is 4.17. The number of carbonyl (C=O) groups excluding carboxylic acids is 1. The molecule has 1 aliphatic heterocycles. The molecule has 0 N–H and O–H groups in total. The zero-order chi connectivity index (χ0) is 14.1. The van der Waals surface area contributed by atoms with Crippen LogP contribution in [-0.2, 0) is 9.53 Å². The topological polar surface area (TPSA) is 26.3 Å². The molecule has 0 aromatic heterocycles. The molecule has 3 rings (SSSR count). The highest BCUT2D eigenvalue weighted by atomic mass is 16.5. The van der Waals surface area contributed by atoms with Crippen LogP contribution in [-0.4, -0.2) is 12.1 Å². The van der Waals surface area contributed by atoms with Crippen LogP contribution in [0.4, 0.5) is 0 Å². The van der Waals surface area contributed by atoms with Crippen molar-refractivity contribution in [1.29, 1.82) is 0 Å². The van der Waals surface area contributed by atoms with Crippen LogP contribution in [0.15, 0.2) is 54.1 Å². The SMILES string of the molecule is CC1=CCC(=O)OC1C(C)c1cccc2ccccc12. The van der Waals surface area contributed by atoms with E-state index in [1.807, 2.05) is 25.1 Å². The molecule has 2 atom stereocenters. The van der Waals surface area contributed by atoms with Crippen molar-refractivity contribution in [3.05, 3.63) is 59.7 Å². The number of benzene rings is 2. The van der Waals surface area contributed by atoms with E-state index in [4.69, 9.17) is 4.74 Å². The Kier molecular flexibility index (Phi) is 3.31. The predicted octanol–water partition coefficient (Wildman–Crippen LogP) is 4.21. The van der Waals surface area contributed by atoms with Crippen molar-refractivity contribution in [2.45, 2.75) is 32.3 Å². The van der Waals surface area contributed by atoms with Crippen molar-refractivity contribution < 1.29 is 9.53 Å². The van der Waals surface area contributed by atoms with Gasteiger partial charge in [-0.25, -0.2) is 0 Å². The van der Waals surface area contributed by atoms with Gasteiger partial charge in [-0.05, 0) is 28.8 Å². The number of cyclic esters (lactones) is 1. The third-order valence-corrected chi connectivity index (χ3v) is 4.07. The molecule has 2 nitrogen and oxygen atoms in total. The molecule has 2 heteroatoms. The third kappa shape index (κ3) is 2.22. The summed E-state index contributed by atoms with van der Waals surface area (Å²) in [5, 5.41) is 2.46. The van der Waals surface area contributed by atoms with E-state index in [1.54, 1.807) is 0 Å². The molecule has 1 heterocycles. The van der Waals surface area contributed by atoms with Crippen LogP contribution in [0.3, 0.4) is 0 Å². The van der Waals surface area contributed by atoms with Gasteiger partial charge < -0.3 is 4.74 Å². The summed E-state index contributed by atoms with van der Waals surface area (Å²) in [6, 6.07) is 14.6. The Morgan fingerprint density at radius 1 is 1.15 bits per heavy atom. The highest BCUT2D eigenvalue weighted by molar-refractivity contribution is 5.86. The molecule has 0 amide bonds. The van der Waals surface area contributed by atoms with Gasteiger partial charge in [0.05, 0.1) is 6.42 Å². The predicted molar refractivity (Wildman–Crippen MR) is 80.6 cm³/mol. The van der Waals surface area contributed by atoms with Gasteiger partial charge in [0.25, 0.3) is 0 Å². The van der Waals surface area contributed by atoms with Crippen LogP contribution in [0.5, 0.6) is 0 Å². The molecule has 0 aliphatic carbocycles. The van der Waals surface area contributed by atoms with E-state index in [1.165, 1.54) is 16.3 Å². The molecule has 20 heavy (non-hydrogen) atoms. The van der Waals surface area contributed by atoms with E-state index in [0.29, 0.717) is 6.42 Å². The molecule has 0 fully saturated rings. The molecule has 102 valence electrons. The van der Waals surface area contributed by atoms with Gasteiger partial charge in [0.15, 0.2) is 0 Å². The van der Waals surface area contributed by atoms with Gasteiger partial charge in [-0.15, -0.1) is 0 Å². The fourth-order valence-corrected chi connectivity index (χ4v) is 2.95. The number of rotatable bonds is 2. The zero-order valence-corrected chi connectivity index (χ0v) is 11.8. The van der Waals surface area contributed by atoms with E-state index < -0.39 is 0 Å². The Morgan fingerprint density at radius 2 is 1.90 bits per heavy atom. The molecule has 2 aromatic carbocycles. The number of hydrogen-bond donors (Lipinski definition) is 0. The Labute approximate surface area is 119 Å². The van der Waals surface area contributed by atoms with E-state index in [9.17, 15) is 4.79 Å². The summed E-state index contributed by atoms with van der Waals surface area (Å²) in [5.41, 5.74) is 2.38. The van der Waals surface area contributed by atoms with Crippen molar-refractivity contribution in [3.8, 4) is 0 Å². The van der Waals surface area contributed by atoms with Crippen molar-refractivity contribution in [1.82, 2.24) is 0 Å². The van der Waals surface area contributed by atoms with Gasteiger partial charge in [-0.1, -0.05) is 55.5 Å². The first-order chi connectivity index (χ1) is 9.66. The number of hydrogen-bond acceptors (Lipinski definition) is 2. The molecule has 0 spiro atoms. The lowest BCUT2D eigenvalue weighted by atomic mass is 9.87. The summed E-state index contributed by atoms with van der Waals surface area (Å²) in [7, 11) is 0. The minimum Gasteiger partial charge on any atom is -0.457 e. The van der Waals surface area contributed by atoms with Gasteiger partial charge in [0.1, 0.15) is 6.10 Å². The Hall–Kier alpha value is -2.09. The maximum atomic E-state index is 11.6. The van der Waals surface area contributed by atoms with Crippen LogP contribution in [0.1, 0.15) is 31.7 Å². The molecule has 2 unspecified atom stereocenters. The van der Waals surface area contributed by atoms with E-state index in [-0.39, 0.29) is 18.0 Å². The van der Waals surface area contributed by atoms with Crippen LogP contribution in [0.25, 0.3) is 10.8 Å². The number of carbonyl (C=O) groups is 1.